The van der Waals surface area contributed by atoms with Crippen molar-refractivity contribution in [3.05, 3.63) is 11.5 Å². The molecule has 1 heterocycles. The zero-order valence-corrected chi connectivity index (χ0v) is 8.33. The molecule has 0 bridgehead atoms. The largest absolute Gasteiger partial charge is 0.506 e. The van der Waals surface area contributed by atoms with Crippen LogP contribution in [-0.4, -0.2) is 72.4 Å². The van der Waals surface area contributed by atoms with Crippen molar-refractivity contribution in [2.75, 3.05) is 0 Å². The van der Waals surface area contributed by atoms with Gasteiger partial charge in [-0.25, -0.2) is 4.79 Å². The number of aliphatic hydroxyl groups is 6. The topological polar surface area (TPSA) is 168 Å². The summed E-state index contributed by atoms with van der Waals surface area (Å²) in [5, 5.41) is 63.2. The van der Waals surface area contributed by atoms with Crippen LogP contribution in [0.3, 0.4) is 0 Å². The highest BCUT2D eigenvalue weighted by molar-refractivity contribution is 5.73. The average molecular weight is 252 g/mol. The summed E-state index contributed by atoms with van der Waals surface area (Å²) in [6, 6.07) is 0. The molecule has 0 unspecified atom stereocenters. The number of ether oxygens (including phenoxy) is 1. The van der Waals surface area contributed by atoms with Crippen LogP contribution in [0.4, 0.5) is 0 Å². The quantitative estimate of drug-likeness (QED) is 0.253. The molecule has 0 radical (unpaired) electrons. The molecule has 5 atom stereocenters. The van der Waals surface area contributed by atoms with E-state index in [1.165, 1.54) is 0 Å². The smallest absolute Gasteiger partial charge is 0.335 e. The number of carboxylic acids is 1. The summed E-state index contributed by atoms with van der Waals surface area (Å²) in [6.07, 6.45) is -10.00. The van der Waals surface area contributed by atoms with Crippen LogP contribution < -0.4 is 0 Å². The van der Waals surface area contributed by atoms with E-state index in [4.69, 9.17) is 20.4 Å². The van der Waals surface area contributed by atoms with E-state index in [1.807, 2.05) is 0 Å². The van der Waals surface area contributed by atoms with Crippen LogP contribution in [0.1, 0.15) is 0 Å². The van der Waals surface area contributed by atoms with Crippen molar-refractivity contribution < 1.29 is 45.3 Å². The second kappa shape index (κ2) is 4.85. The molecule has 0 aromatic heterocycles. The molecular weight excluding hydrogens is 240 g/mol. The molecule has 9 heteroatoms. The Hall–Kier alpha value is -1.39. The molecule has 1 saturated heterocycles. The van der Waals surface area contributed by atoms with E-state index in [2.05, 4.69) is 4.74 Å². The van der Waals surface area contributed by atoms with E-state index >= 15 is 0 Å². The van der Waals surface area contributed by atoms with Crippen LogP contribution in [0.5, 0.6) is 0 Å². The fraction of sp³-hybridized carbons (Fsp3) is 0.625. The Morgan fingerprint density at radius 1 is 1.12 bits per heavy atom. The molecule has 0 saturated carbocycles. The van der Waals surface area contributed by atoms with Crippen LogP contribution in [0.2, 0.25) is 0 Å². The van der Waals surface area contributed by atoms with Gasteiger partial charge in [-0.05, 0) is 0 Å². The van der Waals surface area contributed by atoms with Gasteiger partial charge < -0.3 is 40.5 Å². The van der Waals surface area contributed by atoms with Gasteiger partial charge in [-0.2, -0.15) is 0 Å². The van der Waals surface area contributed by atoms with Crippen LogP contribution in [0.15, 0.2) is 11.5 Å². The fourth-order valence-electron chi connectivity index (χ4n) is 1.22. The predicted molar refractivity (Wildman–Crippen MR) is 48.4 cm³/mol. The third-order valence-electron chi connectivity index (χ3n) is 2.22. The maximum Gasteiger partial charge on any atom is 0.335 e. The first kappa shape index (κ1) is 13.7. The SMILES string of the molecule is O=C(O)[C@H](O)[C@@H](O)C(O)=C1O[C@@H](O)[C@H](O)[C@@H]1O. The van der Waals surface area contributed by atoms with E-state index in [0.29, 0.717) is 0 Å². The van der Waals surface area contributed by atoms with Crippen molar-refractivity contribution in [3.8, 4) is 0 Å². The minimum absolute atomic E-state index is 0.794. The lowest BCUT2D eigenvalue weighted by Gasteiger charge is -2.15. The third kappa shape index (κ3) is 2.48. The van der Waals surface area contributed by atoms with Gasteiger partial charge in [-0.3, -0.25) is 0 Å². The van der Waals surface area contributed by atoms with Crippen LogP contribution in [0, 0.1) is 0 Å². The lowest BCUT2D eigenvalue weighted by Crippen LogP contribution is -2.36. The lowest BCUT2D eigenvalue weighted by molar-refractivity contribution is -0.152. The van der Waals surface area contributed by atoms with Gasteiger partial charge in [0.15, 0.2) is 23.7 Å². The van der Waals surface area contributed by atoms with Gasteiger partial charge in [0.25, 0.3) is 0 Å². The standard InChI is InChI=1S/C8H12O9/c9-1(4(12)7(14)15)2(10)6-3(11)5(13)8(16)17-6/h1,3-5,8-13,16H,(H,14,15)/t1-,3-,4+,5+,8+/m0/s1. The van der Waals surface area contributed by atoms with E-state index in [9.17, 15) is 20.1 Å². The molecule has 1 rings (SSSR count). The summed E-state index contributed by atoms with van der Waals surface area (Å²) in [6.45, 7) is 0. The van der Waals surface area contributed by atoms with E-state index in [-0.39, 0.29) is 0 Å². The minimum Gasteiger partial charge on any atom is -0.506 e. The average Bonchev–Trinajstić information content (AvgIpc) is 2.53. The van der Waals surface area contributed by atoms with Crippen LogP contribution >= 0.6 is 0 Å². The number of carboxylic acid groups (broad SMARTS) is 1. The number of carbonyl (C=O) groups is 1. The van der Waals surface area contributed by atoms with Gasteiger partial charge in [0.2, 0.25) is 6.29 Å². The van der Waals surface area contributed by atoms with Crippen molar-refractivity contribution >= 4 is 5.97 Å². The van der Waals surface area contributed by atoms with Gasteiger partial charge in [0.05, 0.1) is 0 Å². The summed E-state index contributed by atoms with van der Waals surface area (Å²) in [5.74, 6) is -3.78. The predicted octanol–water partition coefficient (Wildman–Crippen LogP) is -3.37. The molecule has 0 aliphatic carbocycles. The summed E-state index contributed by atoms with van der Waals surface area (Å²) in [5.41, 5.74) is 0. The highest BCUT2D eigenvalue weighted by atomic mass is 16.6. The maximum absolute atomic E-state index is 10.3. The Labute approximate surface area is 94.4 Å². The number of aliphatic carboxylic acids is 1. The number of hydrogen-bond donors (Lipinski definition) is 7. The molecule has 1 aliphatic rings. The second-order valence-electron chi connectivity index (χ2n) is 3.42. The maximum atomic E-state index is 10.3. The van der Waals surface area contributed by atoms with Crippen LogP contribution in [0.25, 0.3) is 0 Å². The molecule has 98 valence electrons. The first-order chi connectivity index (χ1) is 7.77. The Kier molecular flexibility index (Phi) is 3.91. The number of rotatable bonds is 3. The lowest BCUT2D eigenvalue weighted by atomic mass is 10.1. The Bertz CT molecular complexity index is 338. The summed E-state index contributed by atoms with van der Waals surface area (Å²) >= 11 is 0. The Balaban J connectivity index is 2.94. The third-order valence-corrected chi connectivity index (χ3v) is 2.22. The van der Waals surface area contributed by atoms with Crippen molar-refractivity contribution in [2.24, 2.45) is 0 Å². The number of aliphatic hydroxyl groups excluding tert-OH is 6. The Morgan fingerprint density at radius 3 is 2.00 bits per heavy atom. The van der Waals surface area contributed by atoms with Gasteiger partial charge >= 0.3 is 5.97 Å². The van der Waals surface area contributed by atoms with E-state index in [0.717, 1.165) is 0 Å². The highest BCUT2D eigenvalue weighted by Crippen LogP contribution is 2.26. The fourth-order valence-corrected chi connectivity index (χ4v) is 1.22. The van der Waals surface area contributed by atoms with Gasteiger partial charge in [-0.15, -0.1) is 0 Å². The summed E-state index contributed by atoms with van der Waals surface area (Å²) in [7, 11) is 0. The molecule has 7 N–H and O–H groups in total. The molecule has 0 amide bonds. The number of hydrogen-bond acceptors (Lipinski definition) is 8. The molecular formula is C8H12O9. The van der Waals surface area contributed by atoms with Gasteiger partial charge in [0.1, 0.15) is 12.2 Å². The van der Waals surface area contributed by atoms with Crippen molar-refractivity contribution in [1.29, 1.82) is 0 Å². The van der Waals surface area contributed by atoms with E-state index < -0.39 is 48.2 Å². The molecule has 0 aromatic carbocycles. The molecule has 0 aromatic rings. The van der Waals surface area contributed by atoms with Crippen molar-refractivity contribution in [2.45, 2.75) is 30.7 Å². The van der Waals surface area contributed by atoms with Crippen molar-refractivity contribution in [3.63, 3.8) is 0 Å². The summed E-state index contributed by atoms with van der Waals surface area (Å²) < 4.78 is 4.42. The molecule has 17 heavy (non-hydrogen) atoms. The second-order valence-corrected chi connectivity index (χ2v) is 3.42. The Morgan fingerprint density at radius 2 is 1.65 bits per heavy atom. The first-order valence-electron chi connectivity index (χ1n) is 4.50. The van der Waals surface area contributed by atoms with Gasteiger partial charge in [-0.1, -0.05) is 0 Å². The zero-order valence-electron chi connectivity index (χ0n) is 8.33. The monoisotopic (exact) mass is 252 g/mol. The zero-order chi connectivity index (χ0) is 13.3. The molecule has 1 fully saturated rings. The van der Waals surface area contributed by atoms with Crippen LogP contribution in [-0.2, 0) is 9.53 Å². The summed E-state index contributed by atoms with van der Waals surface area (Å²) in [4.78, 5) is 10.3. The van der Waals surface area contributed by atoms with E-state index in [1.54, 1.807) is 0 Å². The first-order valence-corrected chi connectivity index (χ1v) is 4.50. The minimum atomic E-state index is -2.34. The molecule has 0 spiro atoms. The molecule has 1 aliphatic heterocycles. The highest BCUT2D eigenvalue weighted by Gasteiger charge is 2.43. The van der Waals surface area contributed by atoms with Gasteiger partial charge in [0, 0.05) is 0 Å². The normalized spacial score (nSPS) is 35.0. The van der Waals surface area contributed by atoms with Crippen molar-refractivity contribution in [1.82, 2.24) is 0 Å². The molecule has 9 nitrogen and oxygen atoms in total.